The Labute approximate surface area is 162 Å². The second-order valence-electron chi connectivity index (χ2n) is 6.80. The van der Waals surface area contributed by atoms with Crippen molar-refractivity contribution in [3.8, 4) is 28.8 Å². The number of hydrogen-bond donors (Lipinski definition) is 1. The fourth-order valence-corrected chi connectivity index (χ4v) is 3.29. The maximum atomic E-state index is 13.2. The van der Waals surface area contributed by atoms with Gasteiger partial charge in [0.15, 0.2) is 5.75 Å². The van der Waals surface area contributed by atoms with Crippen LogP contribution in [0.15, 0.2) is 48.7 Å². The molecule has 3 aromatic rings. The monoisotopic (exact) mass is 377 g/mol. The summed E-state index contributed by atoms with van der Waals surface area (Å²) in [6.45, 7) is 3.72. The molecule has 1 aliphatic heterocycles. The van der Waals surface area contributed by atoms with Crippen LogP contribution in [0.2, 0.25) is 0 Å². The standard InChI is InChI=1S/C21H20FN5O/c1-26-8-10-27(11-9-26)19-7-6-18(12-16(19)13-23)28-20-14-24-25-21(20)15-2-4-17(22)5-3-15/h2-7,12,14H,8-11H2,1H3,(H,24,25). The molecular formula is C21H20FN5O. The van der Waals surface area contributed by atoms with Crippen molar-refractivity contribution >= 4 is 5.69 Å². The van der Waals surface area contributed by atoms with E-state index in [0.29, 0.717) is 22.8 Å². The molecule has 1 aromatic heterocycles. The van der Waals surface area contributed by atoms with E-state index in [1.54, 1.807) is 24.4 Å². The van der Waals surface area contributed by atoms with E-state index in [0.717, 1.165) is 37.4 Å². The Morgan fingerprint density at radius 2 is 1.86 bits per heavy atom. The lowest BCUT2D eigenvalue weighted by atomic mass is 10.1. The fourth-order valence-electron chi connectivity index (χ4n) is 3.29. The molecule has 2 aromatic carbocycles. The molecule has 0 aliphatic carbocycles. The smallest absolute Gasteiger partial charge is 0.172 e. The number of piperazine rings is 1. The van der Waals surface area contributed by atoms with E-state index in [1.807, 2.05) is 12.1 Å². The summed E-state index contributed by atoms with van der Waals surface area (Å²) in [7, 11) is 2.10. The van der Waals surface area contributed by atoms with Gasteiger partial charge in [-0.15, -0.1) is 0 Å². The summed E-state index contributed by atoms with van der Waals surface area (Å²) in [4.78, 5) is 4.50. The van der Waals surface area contributed by atoms with Gasteiger partial charge in [-0.05, 0) is 43.4 Å². The Morgan fingerprint density at radius 1 is 1.11 bits per heavy atom. The number of anilines is 1. The molecule has 0 amide bonds. The molecule has 0 unspecified atom stereocenters. The summed E-state index contributed by atoms with van der Waals surface area (Å²) < 4.78 is 19.1. The van der Waals surface area contributed by atoms with Crippen LogP contribution in [-0.2, 0) is 0 Å². The fraction of sp³-hybridized carbons (Fsp3) is 0.238. The van der Waals surface area contributed by atoms with Gasteiger partial charge in [0.05, 0.1) is 17.4 Å². The molecule has 1 fully saturated rings. The first-order chi connectivity index (χ1) is 13.6. The third-order valence-corrected chi connectivity index (χ3v) is 4.90. The maximum Gasteiger partial charge on any atom is 0.172 e. The van der Waals surface area contributed by atoms with Crippen LogP contribution in [0.3, 0.4) is 0 Å². The van der Waals surface area contributed by atoms with E-state index in [1.165, 1.54) is 12.1 Å². The number of benzene rings is 2. The molecule has 1 N–H and O–H groups in total. The number of nitriles is 1. The van der Waals surface area contributed by atoms with Crippen LogP contribution in [0.25, 0.3) is 11.3 Å². The topological polar surface area (TPSA) is 68.2 Å². The highest BCUT2D eigenvalue weighted by Crippen LogP contribution is 2.33. The molecule has 0 spiro atoms. The van der Waals surface area contributed by atoms with Crippen molar-refractivity contribution in [2.24, 2.45) is 0 Å². The third-order valence-electron chi connectivity index (χ3n) is 4.90. The minimum Gasteiger partial charge on any atom is -0.453 e. The van der Waals surface area contributed by atoms with Gasteiger partial charge in [-0.1, -0.05) is 0 Å². The van der Waals surface area contributed by atoms with Crippen molar-refractivity contribution in [3.63, 3.8) is 0 Å². The number of nitrogens with zero attached hydrogens (tertiary/aromatic N) is 4. The van der Waals surface area contributed by atoms with Gasteiger partial charge in [0.1, 0.15) is 23.3 Å². The van der Waals surface area contributed by atoms with Crippen molar-refractivity contribution < 1.29 is 9.13 Å². The van der Waals surface area contributed by atoms with Crippen LogP contribution in [0.1, 0.15) is 5.56 Å². The normalized spacial score (nSPS) is 14.7. The second kappa shape index (κ2) is 7.71. The Bertz CT molecular complexity index is 1000. The quantitative estimate of drug-likeness (QED) is 0.752. The lowest BCUT2D eigenvalue weighted by molar-refractivity contribution is 0.313. The number of aromatic amines is 1. The van der Waals surface area contributed by atoms with Gasteiger partial charge in [0.25, 0.3) is 0 Å². The number of aromatic nitrogens is 2. The summed E-state index contributed by atoms with van der Waals surface area (Å²) in [5.41, 5.74) is 2.92. The summed E-state index contributed by atoms with van der Waals surface area (Å²) in [6.07, 6.45) is 1.57. The highest BCUT2D eigenvalue weighted by molar-refractivity contribution is 5.67. The van der Waals surface area contributed by atoms with Gasteiger partial charge in [-0.2, -0.15) is 10.4 Å². The third kappa shape index (κ3) is 3.68. The summed E-state index contributed by atoms with van der Waals surface area (Å²) >= 11 is 0. The SMILES string of the molecule is CN1CCN(c2ccc(Oc3cn[nH]c3-c3ccc(F)cc3)cc2C#N)CC1. The van der Waals surface area contributed by atoms with E-state index >= 15 is 0 Å². The predicted molar refractivity (Wildman–Crippen MR) is 105 cm³/mol. The molecule has 142 valence electrons. The van der Waals surface area contributed by atoms with Gasteiger partial charge in [-0.3, -0.25) is 5.10 Å². The zero-order chi connectivity index (χ0) is 19.5. The van der Waals surface area contributed by atoms with E-state index < -0.39 is 0 Å². The van der Waals surface area contributed by atoms with Crippen molar-refractivity contribution in [3.05, 3.63) is 60.0 Å². The van der Waals surface area contributed by atoms with E-state index in [-0.39, 0.29) is 5.82 Å². The molecule has 1 saturated heterocycles. The average Bonchev–Trinajstić information content (AvgIpc) is 3.17. The molecule has 0 radical (unpaired) electrons. The number of rotatable bonds is 4. The Kier molecular flexibility index (Phi) is 4.96. The van der Waals surface area contributed by atoms with E-state index in [9.17, 15) is 9.65 Å². The van der Waals surface area contributed by atoms with Crippen molar-refractivity contribution in [1.82, 2.24) is 15.1 Å². The van der Waals surface area contributed by atoms with Crippen LogP contribution < -0.4 is 9.64 Å². The van der Waals surface area contributed by atoms with Crippen LogP contribution >= 0.6 is 0 Å². The van der Waals surface area contributed by atoms with Gasteiger partial charge in [-0.25, -0.2) is 4.39 Å². The Hall–Kier alpha value is -3.37. The van der Waals surface area contributed by atoms with E-state index in [2.05, 4.69) is 33.1 Å². The first kappa shape index (κ1) is 18.0. The molecule has 7 heteroatoms. The number of H-pyrrole nitrogens is 1. The summed E-state index contributed by atoms with van der Waals surface area (Å²) in [5.74, 6) is 0.769. The van der Waals surface area contributed by atoms with Gasteiger partial charge in [0, 0.05) is 37.8 Å². The highest BCUT2D eigenvalue weighted by atomic mass is 19.1. The van der Waals surface area contributed by atoms with E-state index in [4.69, 9.17) is 4.74 Å². The molecule has 1 aliphatic rings. The molecule has 28 heavy (non-hydrogen) atoms. The van der Waals surface area contributed by atoms with Gasteiger partial charge < -0.3 is 14.5 Å². The lowest BCUT2D eigenvalue weighted by Crippen LogP contribution is -2.44. The number of likely N-dealkylation sites (N-methyl/N-ethyl adjacent to an activating group) is 1. The molecule has 2 heterocycles. The second-order valence-corrected chi connectivity index (χ2v) is 6.80. The number of hydrogen-bond acceptors (Lipinski definition) is 5. The predicted octanol–water partition coefficient (Wildman–Crippen LogP) is 3.63. The minimum absolute atomic E-state index is 0.302. The molecule has 6 nitrogen and oxygen atoms in total. The van der Waals surface area contributed by atoms with Crippen molar-refractivity contribution in [2.75, 3.05) is 38.1 Å². The zero-order valence-electron chi connectivity index (χ0n) is 15.5. The molecule has 0 bridgehead atoms. The summed E-state index contributed by atoms with van der Waals surface area (Å²) in [6, 6.07) is 13.9. The van der Waals surface area contributed by atoms with Gasteiger partial charge in [0.2, 0.25) is 0 Å². The van der Waals surface area contributed by atoms with Crippen LogP contribution in [0.5, 0.6) is 11.5 Å². The first-order valence-corrected chi connectivity index (χ1v) is 9.09. The Balaban J connectivity index is 1.57. The van der Waals surface area contributed by atoms with Crippen LogP contribution in [0.4, 0.5) is 10.1 Å². The maximum absolute atomic E-state index is 13.2. The number of halogens is 1. The summed E-state index contributed by atoms with van der Waals surface area (Å²) in [5, 5.41) is 16.5. The van der Waals surface area contributed by atoms with Crippen LogP contribution in [-0.4, -0.2) is 48.3 Å². The molecule has 0 atom stereocenters. The Morgan fingerprint density at radius 3 is 2.57 bits per heavy atom. The highest BCUT2D eigenvalue weighted by Gasteiger charge is 2.18. The molecule has 4 rings (SSSR count). The van der Waals surface area contributed by atoms with Crippen molar-refractivity contribution in [2.45, 2.75) is 0 Å². The first-order valence-electron chi connectivity index (χ1n) is 9.09. The largest absolute Gasteiger partial charge is 0.453 e. The lowest BCUT2D eigenvalue weighted by Gasteiger charge is -2.34. The van der Waals surface area contributed by atoms with Crippen LogP contribution in [0, 0.1) is 17.1 Å². The van der Waals surface area contributed by atoms with Crippen molar-refractivity contribution in [1.29, 1.82) is 5.26 Å². The zero-order valence-corrected chi connectivity index (χ0v) is 15.5. The molecule has 0 saturated carbocycles. The number of nitrogens with one attached hydrogen (secondary N) is 1. The minimum atomic E-state index is -0.302. The average molecular weight is 377 g/mol. The van der Waals surface area contributed by atoms with Gasteiger partial charge >= 0.3 is 0 Å². The number of ether oxygens (including phenoxy) is 1. The molecular weight excluding hydrogens is 357 g/mol.